The van der Waals surface area contributed by atoms with Gasteiger partial charge in [-0.3, -0.25) is 4.79 Å². The maximum Gasteiger partial charge on any atom is 0.279 e. The Morgan fingerprint density at radius 1 is 1.27 bits per heavy atom. The molecule has 4 nitrogen and oxygen atoms in total. The topological polar surface area (TPSA) is 69.5 Å². The fraction of sp³-hybridized carbons (Fsp3) is 0.176. The average molecular weight is 315 g/mol. The summed E-state index contributed by atoms with van der Waals surface area (Å²) in [6.45, 7) is 2.25. The quantitative estimate of drug-likeness (QED) is 0.890. The van der Waals surface area contributed by atoms with E-state index >= 15 is 0 Å². The molecular formula is C17H17ClN3O+. The predicted octanol–water partition coefficient (Wildman–Crippen LogP) is 2.47. The molecule has 0 aliphatic carbocycles. The van der Waals surface area contributed by atoms with Crippen LogP contribution in [0.15, 0.2) is 48.5 Å². The summed E-state index contributed by atoms with van der Waals surface area (Å²) in [5.74, 6) is -0.151. The van der Waals surface area contributed by atoms with Gasteiger partial charge in [0.15, 0.2) is 6.54 Å². The van der Waals surface area contributed by atoms with Crippen molar-refractivity contribution >= 4 is 23.2 Å². The fourth-order valence-electron chi connectivity index (χ4n) is 2.15. The van der Waals surface area contributed by atoms with Gasteiger partial charge in [-0.1, -0.05) is 41.9 Å². The van der Waals surface area contributed by atoms with Gasteiger partial charge in [0.1, 0.15) is 12.1 Å². The first-order valence-corrected chi connectivity index (χ1v) is 7.36. The van der Waals surface area contributed by atoms with Gasteiger partial charge < -0.3 is 10.6 Å². The number of benzene rings is 2. The van der Waals surface area contributed by atoms with Crippen LogP contribution in [0.3, 0.4) is 0 Å². The molecule has 0 saturated heterocycles. The third-order valence-corrected chi connectivity index (χ3v) is 3.72. The lowest BCUT2D eigenvalue weighted by atomic mass is 10.1. The number of amides is 1. The lowest BCUT2D eigenvalue weighted by Gasteiger charge is -2.12. The molecule has 0 fully saturated rings. The van der Waals surface area contributed by atoms with Crippen LogP contribution in [0.1, 0.15) is 24.1 Å². The summed E-state index contributed by atoms with van der Waals surface area (Å²) < 4.78 is 0. The van der Waals surface area contributed by atoms with Crippen molar-refractivity contribution < 1.29 is 10.1 Å². The smallest absolute Gasteiger partial charge is 0.279 e. The van der Waals surface area contributed by atoms with Crippen molar-refractivity contribution in [3.8, 4) is 6.07 Å². The fourth-order valence-corrected chi connectivity index (χ4v) is 2.45. The lowest BCUT2D eigenvalue weighted by Crippen LogP contribution is -2.86. The molecular weight excluding hydrogens is 298 g/mol. The van der Waals surface area contributed by atoms with Crippen LogP contribution in [0, 0.1) is 11.3 Å². The van der Waals surface area contributed by atoms with Gasteiger partial charge in [0, 0.05) is 10.6 Å². The van der Waals surface area contributed by atoms with E-state index in [4.69, 9.17) is 16.9 Å². The van der Waals surface area contributed by atoms with Gasteiger partial charge in [0.05, 0.1) is 11.3 Å². The monoisotopic (exact) mass is 314 g/mol. The molecule has 0 heterocycles. The highest BCUT2D eigenvalue weighted by molar-refractivity contribution is 6.31. The van der Waals surface area contributed by atoms with E-state index in [1.165, 1.54) is 0 Å². The molecule has 112 valence electrons. The number of quaternary nitrogens is 1. The zero-order valence-corrected chi connectivity index (χ0v) is 13.0. The van der Waals surface area contributed by atoms with Crippen LogP contribution >= 0.6 is 11.6 Å². The molecule has 0 saturated carbocycles. The minimum absolute atomic E-state index is 0.0747. The summed E-state index contributed by atoms with van der Waals surface area (Å²) in [5.41, 5.74) is 1.98. The summed E-state index contributed by atoms with van der Waals surface area (Å²) in [5, 5.41) is 14.4. The highest BCUT2D eigenvalue weighted by Gasteiger charge is 2.14. The van der Waals surface area contributed by atoms with E-state index in [0.29, 0.717) is 16.3 Å². The molecule has 1 amide bonds. The number of carbonyl (C=O) groups is 1. The van der Waals surface area contributed by atoms with E-state index in [1.807, 2.05) is 36.5 Å². The van der Waals surface area contributed by atoms with Crippen molar-refractivity contribution in [1.29, 1.82) is 5.26 Å². The molecule has 22 heavy (non-hydrogen) atoms. The molecule has 0 aliphatic heterocycles. The Morgan fingerprint density at radius 2 is 1.95 bits per heavy atom. The minimum Gasteiger partial charge on any atom is -0.332 e. The number of hydrogen-bond acceptors (Lipinski definition) is 2. The van der Waals surface area contributed by atoms with Crippen LogP contribution in [-0.4, -0.2) is 12.5 Å². The number of nitrogens with zero attached hydrogens (tertiary/aromatic N) is 1. The molecule has 2 aromatic rings. The lowest BCUT2D eigenvalue weighted by molar-refractivity contribution is -0.682. The third kappa shape index (κ3) is 4.08. The number of nitriles is 1. The maximum absolute atomic E-state index is 12.0. The number of halogens is 1. The van der Waals surface area contributed by atoms with Crippen LogP contribution < -0.4 is 10.6 Å². The van der Waals surface area contributed by atoms with Gasteiger partial charge in [0.2, 0.25) is 0 Å². The summed E-state index contributed by atoms with van der Waals surface area (Å²) >= 11 is 6.15. The summed E-state index contributed by atoms with van der Waals surface area (Å²) in [7, 11) is 0. The van der Waals surface area contributed by atoms with Crippen LogP contribution in [0.25, 0.3) is 0 Å². The predicted molar refractivity (Wildman–Crippen MR) is 86.4 cm³/mol. The van der Waals surface area contributed by atoms with Crippen molar-refractivity contribution in [1.82, 2.24) is 0 Å². The molecule has 0 aromatic heterocycles. The van der Waals surface area contributed by atoms with Gasteiger partial charge in [-0.05, 0) is 25.1 Å². The number of para-hydroxylation sites is 1. The Kier molecular flexibility index (Phi) is 5.54. The van der Waals surface area contributed by atoms with E-state index in [1.54, 1.807) is 24.3 Å². The van der Waals surface area contributed by atoms with E-state index < -0.39 is 0 Å². The Hall–Kier alpha value is -2.35. The van der Waals surface area contributed by atoms with Crippen LogP contribution in [0.2, 0.25) is 5.02 Å². The molecule has 0 bridgehead atoms. The van der Waals surface area contributed by atoms with Gasteiger partial charge >= 0.3 is 0 Å². The summed E-state index contributed by atoms with van der Waals surface area (Å²) in [6.07, 6.45) is 0. The van der Waals surface area contributed by atoms with Crippen molar-refractivity contribution in [3.05, 3.63) is 64.7 Å². The van der Waals surface area contributed by atoms with Gasteiger partial charge in [-0.2, -0.15) is 5.26 Å². The highest BCUT2D eigenvalue weighted by Crippen LogP contribution is 2.19. The Balaban J connectivity index is 1.93. The third-order valence-electron chi connectivity index (χ3n) is 3.37. The average Bonchev–Trinajstić information content (AvgIpc) is 2.53. The number of rotatable bonds is 5. The number of carbonyl (C=O) groups excluding carboxylic acids is 1. The SMILES string of the molecule is C[C@H]([NH2+]CC(=O)Nc1ccccc1C#N)c1ccccc1Cl. The van der Waals surface area contributed by atoms with Gasteiger partial charge in [-0.15, -0.1) is 0 Å². The molecule has 1 atom stereocenters. The zero-order chi connectivity index (χ0) is 15.9. The van der Waals surface area contributed by atoms with Gasteiger partial charge in [-0.25, -0.2) is 0 Å². The number of nitrogens with one attached hydrogen (secondary N) is 1. The first-order valence-electron chi connectivity index (χ1n) is 6.98. The molecule has 2 aromatic carbocycles. The maximum atomic E-state index is 12.0. The van der Waals surface area contributed by atoms with E-state index in [-0.39, 0.29) is 18.5 Å². The second kappa shape index (κ2) is 7.60. The molecule has 5 heteroatoms. The Bertz CT molecular complexity index is 709. The van der Waals surface area contributed by atoms with Crippen molar-refractivity contribution in [2.45, 2.75) is 13.0 Å². The van der Waals surface area contributed by atoms with Crippen LogP contribution in [-0.2, 0) is 4.79 Å². The Morgan fingerprint density at radius 3 is 2.68 bits per heavy atom. The second-order valence-electron chi connectivity index (χ2n) is 4.96. The van der Waals surface area contributed by atoms with E-state index in [2.05, 4.69) is 11.4 Å². The van der Waals surface area contributed by atoms with E-state index in [0.717, 1.165) is 5.56 Å². The number of hydrogen-bond donors (Lipinski definition) is 2. The molecule has 0 unspecified atom stereocenters. The minimum atomic E-state index is -0.151. The molecule has 3 N–H and O–H groups in total. The Labute approximate surface area is 134 Å². The summed E-state index contributed by atoms with van der Waals surface area (Å²) in [4.78, 5) is 12.0. The number of anilines is 1. The van der Waals surface area contributed by atoms with Crippen molar-refractivity contribution in [3.63, 3.8) is 0 Å². The van der Waals surface area contributed by atoms with E-state index in [9.17, 15) is 4.79 Å². The molecule has 2 rings (SSSR count). The van der Waals surface area contributed by atoms with Crippen LogP contribution in [0.5, 0.6) is 0 Å². The summed E-state index contributed by atoms with van der Waals surface area (Å²) in [6, 6.07) is 16.7. The molecule has 0 aliphatic rings. The zero-order valence-electron chi connectivity index (χ0n) is 12.2. The van der Waals surface area contributed by atoms with Crippen LogP contribution in [0.4, 0.5) is 5.69 Å². The normalized spacial score (nSPS) is 11.5. The second-order valence-corrected chi connectivity index (χ2v) is 5.36. The van der Waals surface area contributed by atoms with Gasteiger partial charge in [0.25, 0.3) is 5.91 Å². The highest BCUT2D eigenvalue weighted by atomic mass is 35.5. The largest absolute Gasteiger partial charge is 0.332 e. The standard InChI is InChI=1S/C17H16ClN3O/c1-12(14-7-3-4-8-15(14)18)20-11-17(22)21-16-9-5-2-6-13(16)10-19/h2-9,12,20H,11H2,1H3,(H,21,22)/p+1/t12-/m0/s1. The first kappa shape index (κ1) is 16.0. The van der Waals surface area contributed by atoms with Crippen molar-refractivity contribution in [2.75, 3.05) is 11.9 Å². The van der Waals surface area contributed by atoms with Crippen molar-refractivity contribution in [2.24, 2.45) is 0 Å². The molecule has 0 spiro atoms. The number of nitrogens with two attached hydrogens (primary N) is 1. The first-order chi connectivity index (χ1) is 10.6. The molecule has 0 radical (unpaired) electrons.